The molecule has 5 rings (SSSR count). The van der Waals surface area contributed by atoms with Crippen LogP contribution in [0.15, 0.2) is 51.7 Å². The van der Waals surface area contributed by atoms with Crippen LogP contribution in [0.1, 0.15) is 12.0 Å². The summed E-state index contributed by atoms with van der Waals surface area (Å²) in [6.45, 7) is 1.80. The Balaban J connectivity index is 1.34. The monoisotopic (exact) mass is 476 g/mol. The van der Waals surface area contributed by atoms with E-state index in [1.165, 1.54) is 4.57 Å². The molecule has 0 aliphatic carbocycles. The van der Waals surface area contributed by atoms with Crippen molar-refractivity contribution in [1.29, 1.82) is 5.26 Å². The second-order valence-electron chi connectivity index (χ2n) is 8.40. The average Bonchev–Trinajstić information content (AvgIpc) is 3.24. The highest BCUT2D eigenvalue weighted by Gasteiger charge is 2.23. The largest absolute Gasteiger partial charge is 0.419 e. The number of benzene rings is 2. The van der Waals surface area contributed by atoms with Crippen LogP contribution in [-0.4, -0.2) is 42.3 Å². The Morgan fingerprint density at radius 1 is 1.32 bits per heavy atom. The van der Waals surface area contributed by atoms with Crippen LogP contribution in [0, 0.1) is 11.3 Å². The van der Waals surface area contributed by atoms with Crippen molar-refractivity contribution in [3.8, 4) is 16.5 Å². The second kappa shape index (κ2) is 9.43. The lowest BCUT2D eigenvalue weighted by atomic mass is 10.0. The number of hydrogen-bond acceptors (Lipinski definition) is 7. The molecule has 1 amide bonds. The van der Waals surface area contributed by atoms with Gasteiger partial charge in [-0.15, -0.1) is 11.3 Å². The zero-order valence-electron chi connectivity index (χ0n) is 18.7. The highest BCUT2D eigenvalue weighted by atomic mass is 32.1. The zero-order chi connectivity index (χ0) is 23.7. The van der Waals surface area contributed by atoms with E-state index >= 15 is 0 Å². The van der Waals surface area contributed by atoms with E-state index in [1.807, 2.05) is 30.3 Å². The number of oxazole rings is 1. The Morgan fingerprint density at radius 3 is 3.06 bits per heavy atom. The number of rotatable bonds is 5. The maximum absolute atomic E-state index is 12.5. The minimum absolute atomic E-state index is 0.260. The Hall–Kier alpha value is -3.45. The highest BCUT2D eigenvalue weighted by Crippen LogP contribution is 2.35. The lowest BCUT2D eigenvalue weighted by Gasteiger charge is -2.18. The van der Waals surface area contributed by atoms with Gasteiger partial charge < -0.3 is 19.8 Å². The van der Waals surface area contributed by atoms with Crippen LogP contribution in [0.4, 0.5) is 0 Å². The second-order valence-corrected chi connectivity index (χ2v) is 9.49. The third-order valence-electron chi connectivity index (χ3n) is 6.01. The van der Waals surface area contributed by atoms with Crippen LogP contribution in [0.5, 0.6) is 0 Å². The molecule has 0 spiro atoms. The standard InChI is InChI=1S/C25H24N4O4S/c1-29-19-11-16(5-6-20(19)33-25(29)31)23-12-17-4-3-15(10-22(17)34-23)9-18(13-26)28-24(30)21-14-27-7-2-8-32-21/h3-6,10-12,18,21,27H,2,7-9,14H2,1H3,(H,28,30)/t18?,21-/m0/s1. The van der Waals surface area contributed by atoms with E-state index in [9.17, 15) is 14.9 Å². The number of carbonyl (C=O) groups is 1. The Bertz CT molecular complexity index is 1450. The molecule has 9 heteroatoms. The van der Waals surface area contributed by atoms with Gasteiger partial charge in [0.25, 0.3) is 5.91 Å². The molecule has 0 saturated carbocycles. The summed E-state index contributed by atoms with van der Waals surface area (Å²) in [5.74, 6) is -0.640. The minimum atomic E-state index is -0.638. The predicted molar refractivity (Wildman–Crippen MR) is 131 cm³/mol. The number of hydrogen-bond donors (Lipinski definition) is 2. The fourth-order valence-electron chi connectivity index (χ4n) is 4.14. The Morgan fingerprint density at radius 2 is 2.21 bits per heavy atom. The molecule has 4 aromatic rings. The van der Waals surface area contributed by atoms with Gasteiger partial charge in [-0.1, -0.05) is 12.1 Å². The van der Waals surface area contributed by atoms with Gasteiger partial charge in [0.05, 0.1) is 11.6 Å². The smallest absolute Gasteiger partial charge is 0.408 e. The first-order valence-electron chi connectivity index (χ1n) is 11.2. The number of nitrogens with zero attached hydrogens (tertiary/aromatic N) is 2. The molecular weight excluding hydrogens is 452 g/mol. The first kappa shape index (κ1) is 22.3. The molecule has 34 heavy (non-hydrogen) atoms. The zero-order valence-corrected chi connectivity index (χ0v) is 19.5. The number of fused-ring (bicyclic) bond motifs is 2. The lowest BCUT2D eigenvalue weighted by Crippen LogP contribution is -2.46. The summed E-state index contributed by atoms with van der Waals surface area (Å²) in [6, 6.07) is 15.5. The van der Waals surface area contributed by atoms with E-state index in [-0.39, 0.29) is 11.7 Å². The summed E-state index contributed by atoms with van der Waals surface area (Å²) in [4.78, 5) is 25.4. The first-order chi connectivity index (χ1) is 16.5. The number of thiophene rings is 1. The van der Waals surface area contributed by atoms with Crippen LogP contribution in [0.2, 0.25) is 0 Å². The topological polar surface area (TPSA) is 109 Å². The predicted octanol–water partition coefficient (Wildman–Crippen LogP) is 2.94. The molecule has 174 valence electrons. The van der Waals surface area contributed by atoms with Crippen LogP contribution < -0.4 is 16.4 Å². The normalized spacial score (nSPS) is 17.4. The molecule has 1 unspecified atom stereocenters. The third kappa shape index (κ3) is 4.48. The van der Waals surface area contributed by atoms with Gasteiger partial charge in [-0.05, 0) is 59.8 Å². The Labute approximate surface area is 199 Å². The van der Waals surface area contributed by atoms with Crippen LogP contribution in [0.3, 0.4) is 0 Å². The molecule has 1 saturated heterocycles. The maximum Gasteiger partial charge on any atom is 0.419 e. The molecular formula is C25H24N4O4S. The average molecular weight is 477 g/mol. The molecule has 3 heterocycles. The molecule has 1 fully saturated rings. The van der Waals surface area contributed by atoms with E-state index in [0.717, 1.165) is 44.6 Å². The molecule has 1 aliphatic rings. The summed E-state index contributed by atoms with van der Waals surface area (Å²) < 4.78 is 13.4. The van der Waals surface area contributed by atoms with Gasteiger partial charge in [0.2, 0.25) is 0 Å². The van der Waals surface area contributed by atoms with Crippen molar-refractivity contribution >= 4 is 38.4 Å². The van der Waals surface area contributed by atoms with E-state index in [4.69, 9.17) is 9.15 Å². The van der Waals surface area contributed by atoms with Crippen molar-refractivity contribution in [2.45, 2.75) is 25.0 Å². The lowest BCUT2D eigenvalue weighted by molar-refractivity contribution is -0.132. The van der Waals surface area contributed by atoms with E-state index in [1.54, 1.807) is 18.4 Å². The molecule has 2 atom stereocenters. The molecule has 2 aromatic heterocycles. The number of nitriles is 1. The molecule has 0 bridgehead atoms. The van der Waals surface area contributed by atoms with E-state index in [2.05, 4.69) is 28.8 Å². The molecule has 2 aromatic carbocycles. The number of carbonyl (C=O) groups excluding carboxylic acids is 1. The van der Waals surface area contributed by atoms with Crippen LogP contribution >= 0.6 is 11.3 Å². The van der Waals surface area contributed by atoms with Crippen LogP contribution in [-0.2, 0) is 23.0 Å². The summed E-state index contributed by atoms with van der Waals surface area (Å²) in [5.41, 5.74) is 3.29. The van der Waals surface area contributed by atoms with Gasteiger partial charge in [-0.2, -0.15) is 5.26 Å². The summed E-state index contributed by atoms with van der Waals surface area (Å²) in [6.07, 6.45) is 0.699. The molecule has 2 N–H and O–H groups in total. The molecule has 0 radical (unpaired) electrons. The number of amides is 1. The summed E-state index contributed by atoms with van der Waals surface area (Å²) in [5, 5.41) is 16.7. The summed E-state index contributed by atoms with van der Waals surface area (Å²) in [7, 11) is 1.69. The molecule has 8 nitrogen and oxygen atoms in total. The van der Waals surface area contributed by atoms with Crippen molar-refractivity contribution in [3.63, 3.8) is 0 Å². The summed E-state index contributed by atoms with van der Waals surface area (Å²) >= 11 is 1.64. The fraction of sp³-hybridized carbons (Fsp3) is 0.320. The highest BCUT2D eigenvalue weighted by molar-refractivity contribution is 7.22. The van der Waals surface area contributed by atoms with Gasteiger partial charge >= 0.3 is 5.76 Å². The van der Waals surface area contributed by atoms with Gasteiger partial charge in [0.15, 0.2) is 5.58 Å². The third-order valence-corrected chi connectivity index (χ3v) is 7.16. The van der Waals surface area contributed by atoms with Crippen molar-refractivity contribution < 1.29 is 13.9 Å². The van der Waals surface area contributed by atoms with E-state index in [0.29, 0.717) is 25.2 Å². The number of aromatic nitrogens is 1. The SMILES string of the molecule is Cn1c(=O)oc2ccc(-c3cc4ccc(CC(C#N)NC(=O)[C@@H]5CNCCCO5)cc4s3)cc21. The minimum Gasteiger partial charge on any atom is -0.408 e. The Kier molecular flexibility index (Phi) is 6.20. The van der Waals surface area contributed by atoms with E-state index < -0.39 is 12.1 Å². The van der Waals surface area contributed by atoms with Gasteiger partial charge in [-0.3, -0.25) is 9.36 Å². The van der Waals surface area contributed by atoms with Crippen molar-refractivity contribution in [2.75, 3.05) is 19.7 Å². The van der Waals surface area contributed by atoms with Gasteiger partial charge in [-0.25, -0.2) is 4.79 Å². The van der Waals surface area contributed by atoms with Crippen LogP contribution in [0.25, 0.3) is 31.6 Å². The van der Waals surface area contributed by atoms with Crippen molar-refractivity contribution in [1.82, 2.24) is 15.2 Å². The first-order valence-corrected chi connectivity index (χ1v) is 12.0. The van der Waals surface area contributed by atoms with Crippen molar-refractivity contribution in [3.05, 3.63) is 58.6 Å². The number of ether oxygens (including phenoxy) is 1. The quantitative estimate of drug-likeness (QED) is 0.458. The van der Waals surface area contributed by atoms with Crippen molar-refractivity contribution in [2.24, 2.45) is 7.05 Å². The number of aryl methyl sites for hydroxylation is 1. The fourth-order valence-corrected chi connectivity index (χ4v) is 5.26. The maximum atomic E-state index is 12.5. The number of nitrogens with one attached hydrogen (secondary N) is 2. The molecule has 1 aliphatic heterocycles. The van der Waals surface area contributed by atoms with Gasteiger partial charge in [0, 0.05) is 36.2 Å². The van der Waals surface area contributed by atoms with Gasteiger partial charge in [0.1, 0.15) is 12.1 Å².